The highest BCUT2D eigenvalue weighted by Gasteiger charge is 2.22. The fraction of sp³-hybridized carbons (Fsp3) is 0.400. The second-order valence-electron chi connectivity index (χ2n) is 9.59. The predicted molar refractivity (Wildman–Crippen MR) is 197 cm³/mol. The van der Waals surface area contributed by atoms with Gasteiger partial charge < -0.3 is 23.8 Å². The van der Waals surface area contributed by atoms with E-state index >= 15 is 0 Å². The molecule has 0 heterocycles. The maximum atomic E-state index is 11.8. The molecule has 2 rings (SSSR count). The van der Waals surface area contributed by atoms with Crippen LogP contribution in [-0.2, 0) is 18.8 Å². The molecule has 2 N–H and O–H groups in total. The summed E-state index contributed by atoms with van der Waals surface area (Å²) in [6, 6.07) is 15.8. The van der Waals surface area contributed by atoms with Crippen LogP contribution in [0.15, 0.2) is 90.9 Å². The SMILES string of the molecule is C=C(/C=C(\C=C/C(C)NSC)[N+](=O)[O-])Oc1ccc(C(=O)CCC)cc1.CC.CCOC(=O)C(C)OP(CCNC=O)Oc1ccccc1. The van der Waals surface area contributed by atoms with E-state index in [2.05, 4.69) is 16.6 Å². The lowest BCUT2D eigenvalue weighted by Gasteiger charge is -2.21. The van der Waals surface area contributed by atoms with E-state index in [0.717, 1.165) is 6.42 Å². The van der Waals surface area contributed by atoms with Crippen LogP contribution in [-0.4, -0.2) is 60.8 Å². The van der Waals surface area contributed by atoms with Crippen LogP contribution in [0.3, 0.4) is 0 Å². The Hall–Kier alpha value is -4.03. The molecule has 0 saturated heterocycles. The molecule has 0 aliphatic carbocycles. The normalized spacial score (nSPS) is 12.5. The topological polar surface area (TPSA) is 155 Å². The number of esters is 1. The van der Waals surface area contributed by atoms with E-state index in [0.29, 0.717) is 49.2 Å². The number of para-hydroxylation sites is 1. The number of nitrogens with one attached hydrogen (secondary N) is 2. The van der Waals surface area contributed by atoms with E-state index in [1.165, 1.54) is 24.1 Å². The van der Waals surface area contributed by atoms with E-state index in [4.69, 9.17) is 18.5 Å². The summed E-state index contributed by atoms with van der Waals surface area (Å²) in [7, 11) is -1.35. The maximum Gasteiger partial charge on any atom is 0.335 e. The summed E-state index contributed by atoms with van der Waals surface area (Å²) in [5.41, 5.74) is 0.490. The Balaban J connectivity index is 0.000000913. The first-order valence-electron chi connectivity index (χ1n) is 15.9. The molecule has 0 aliphatic rings. The first-order valence-corrected chi connectivity index (χ1v) is 18.5. The van der Waals surface area contributed by atoms with Crippen LogP contribution in [0, 0.1) is 10.1 Å². The molecule has 12 nitrogen and oxygen atoms in total. The standard InChI is InChI=1S/C19H24N2O4S.C14H20NO5P.C2H6/c1-5-6-19(22)16-8-11-18(12-9-16)25-15(3)13-17(21(23)24)10-7-14(2)20-26-4;1-3-18-14(17)12(2)19-21(10-9-15-11-16)20-13-7-5-4-6-8-13;1-2/h7-14,20H,3,5-6H2,1-2,4H3;4-8,11-12H,3,9-10H2,1-2H3,(H,15,16);1-2H3/b10-7-,17-13+;;. The highest BCUT2D eigenvalue weighted by atomic mass is 32.2. The third-order valence-electron chi connectivity index (χ3n) is 5.65. The molecular formula is C35H50N3O9PS. The van der Waals surface area contributed by atoms with Gasteiger partial charge in [0.05, 0.1) is 17.6 Å². The Morgan fingerprint density at radius 3 is 2.27 bits per heavy atom. The highest BCUT2D eigenvalue weighted by molar-refractivity contribution is 7.96. The number of ether oxygens (including phenoxy) is 2. The molecule has 0 bridgehead atoms. The van der Waals surface area contributed by atoms with Crippen LogP contribution in [0.2, 0.25) is 0 Å². The largest absolute Gasteiger partial charge is 0.464 e. The molecule has 49 heavy (non-hydrogen) atoms. The van der Waals surface area contributed by atoms with Crippen molar-refractivity contribution in [3.63, 3.8) is 0 Å². The molecule has 0 saturated carbocycles. The molecule has 14 heteroatoms. The number of nitro groups is 1. The average molecular weight is 720 g/mol. The van der Waals surface area contributed by atoms with Crippen LogP contribution in [0.5, 0.6) is 11.5 Å². The number of rotatable bonds is 21. The van der Waals surface area contributed by atoms with Gasteiger partial charge in [0.15, 0.2) is 11.9 Å². The van der Waals surface area contributed by atoms with Crippen LogP contribution >= 0.6 is 20.3 Å². The second-order valence-corrected chi connectivity index (χ2v) is 11.7. The summed E-state index contributed by atoms with van der Waals surface area (Å²) >= 11 is 1.43. The van der Waals surface area contributed by atoms with Crippen molar-refractivity contribution in [2.24, 2.45) is 0 Å². The maximum absolute atomic E-state index is 11.8. The minimum atomic E-state index is -1.35. The van der Waals surface area contributed by atoms with Crippen LogP contribution < -0.4 is 19.3 Å². The number of allylic oxidation sites excluding steroid dienone is 2. The number of Topliss-reactive ketones (excluding diaryl/α,β-unsaturated/α-hetero) is 1. The van der Waals surface area contributed by atoms with E-state index in [-0.39, 0.29) is 23.3 Å². The van der Waals surface area contributed by atoms with Gasteiger partial charge in [0, 0.05) is 36.8 Å². The number of benzene rings is 2. The first kappa shape index (κ1) is 45.0. The van der Waals surface area contributed by atoms with Crippen molar-refractivity contribution in [3.8, 4) is 11.5 Å². The number of amides is 1. The lowest BCUT2D eigenvalue weighted by Crippen LogP contribution is -2.24. The molecule has 0 aromatic heterocycles. The highest BCUT2D eigenvalue weighted by Crippen LogP contribution is 2.40. The zero-order valence-electron chi connectivity index (χ0n) is 29.4. The summed E-state index contributed by atoms with van der Waals surface area (Å²) in [6.45, 7) is 15.6. The molecule has 0 fully saturated rings. The fourth-order valence-corrected chi connectivity index (χ4v) is 5.27. The lowest BCUT2D eigenvalue weighted by molar-refractivity contribution is -0.419. The minimum absolute atomic E-state index is 0.0178. The second kappa shape index (κ2) is 27.9. The number of carbonyl (C=O) groups is 3. The summed E-state index contributed by atoms with van der Waals surface area (Å²) in [4.78, 5) is 44.4. The van der Waals surface area contributed by atoms with E-state index in [1.807, 2.05) is 52.1 Å². The van der Waals surface area contributed by atoms with Gasteiger partial charge in [-0.15, -0.1) is 0 Å². The van der Waals surface area contributed by atoms with Crippen molar-refractivity contribution in [1.29, 1.82) is 0 Å². The Kier molecular flexibility index (Phi) is 25.6. The molecular weight excluding hydrogens is 669 g/mol. The van der Waals surface area contributed by atoms with Crippen molar-refractivity contribution in [2.75, 3.05) is 25.6 Å². The minimum Gasteiger partial charge on any atom is -0.464 e. The molecule has 0 spiro atoms. The molecule has 2 aromatic carbocycles. The smallest absolute Gasteiger partial charge is 0.335 e. The molecule has 0 aliphatic heterocycles. The van der Waals surface area contributed by atoms with Gasteiger partial charge >= 0.3 is 5.97 Å². The summed E-state index contributed by atoms with van der Waals surface area (Å²) in [5, 5.41) is 13.7. The molecule has 1 amide bonds. The third kappa shape index (κ3) is 20.8. The third-order valence-corrected chi connectivity index (χ3v) is 7.81. The Morgan fingerprint density at radius 1 is 1.06 bits per heavy atom. The lowest BCUT2D eigenvalue weighted by atomic mass is 10.1. The molecule has 2 aromatic rings. The summed E-state index contributed by atoms with van der Waals surface area (Å²) in [5.74, 6) is 0.908. The number of carbonyl (C=O) groups excluding carboxylic acids is 3. The van der Waals surface area contributed by atoms with Crippen LogP contribution in [0.1, 0.15) is 64.7 Å². The number of hydrogen-bond donors (Lipinski definition) is 2. The predicted octanol–water partition coefficient (Wildman–Crippen LogP) is 7.65. The van der Waals surface area contributed by atoms with Crippen molar-refractivity contribution in [2.45, 2.75) is 66.5 Å². The molecule has 0 radical (unpaired) electrons. The van der Waals surface area contributed by atoms with Gasteiger partial charge in [0.2, 0.25) is 14.8 Å². The number of hydrogen-bond acceptors (Lipinski definition) is 11. The Bertz CT molecular complexity index is 1330. The van der Waals surface area contributed by atoms with Crippen molar-refractivity contribution in [1.82, 2.24) is 10.0 Å². The van der Waals surface area contributed by atoms with Crippen molar-refractivity contribution in [3.05, 3.63) is 107 Å². The monoisotopic (exact) mass is 719 g/mol. The zero-order chi connectivity index (χ0) is 37.0. The quantitative estimate of drug-likeness (QED) is 0.0125. The van der Waals surface area contributed by atoms with Gasteiger partial charge in [-0.05, 0) is 69.8 Å². The Morgan fingerprint density at radius 2 is 1.71 bits per heavy atom. The number of ketones is 1. The van der Waals surface area contributed by atoms with E-state index < -0.39 is 25.4 Å². The number of nitrogens with zero attached hydrogens (tertiary/aromatic N) is 1. The van der Waals surface area contributed by atoms with Gasteiger partial charge in [-0.25, -0.2) is 4.79 Å². The zero-order valence-corrected chi connectivity index (χ0v) is 31.1. The summed E-state index contributed by atoms with van der Waals surface area (Å²) in [6.07, 6.45) is 7.91. The van der Waals surface area contributed by atoms with Gasteiger partial charge in [0.25, 0.3) is 5.70 Å². The van der Waals surface area contributed by atoms with E-state index in [9.17, 15) is 24.5 Å². The van der Waals surface area contributed by atoms with Crippen molar-refractivity contribution < 1.29 is 37.8 Å². The Labute approximate surface area is 295 Å². The van der Waals surface area contributed by atoms with E-state index in [1.54, 1.807) is 56.3 Å². The van der Waals surface area contributed by atoms with Gasteiger partial charge in [-0.1, -0.05) is 63.6 Å². The molecule has 3 atom stereocenters. The van der Waals surface area contributed by atoms with Crippen LogP contribution in [0.4, 0.5) is 0 Å². The van der Waals surface area contributed by atoms with Crippen molar-refractivity contribution >= 4 is 38.5 Å². The average Bonchev–Trinajstić information content (AvgIpc) is 3.09. The molecule has 3 unspecified atom stereocenters. The first-order chi connectivity index (χ1) is 23.5. The van der Waals surface area contributed by atoms with Gasteiger partial charge in [-0.2, -0.15) is 0 Å². The molecule has 270 valence electrons. The fourth-order valence-electron chi connectivity index (χ4n) is 3.47. The van der Waals surface area contributed by atoms with Gasteiger partial charge in [-0.3, -0.25) is 24.4 Å². The summed E-state index contributed by atoms with van der Waals surface area (Å²) < 4.78 is 24.8. The van der Waals surface area contributed by atoms with Crippen LogP contribution in [0.25, 0.3) is 0 Å². The van der Waals surface area contributed by atoms with Gasteiger partial charge in [0.1, 0.15) is 17.3 Å².